The molecular weight excluding hydrogens is 1730 g/mol. The lowest BCUT2D eigenvalue weighted by molar-refractivity contribution is -0.167. The molecule has 16 saturated carbocycles. The van der Waals surface area contributed by atoms with Crippen LogP contribution in [0.25, 0.3) is 16.9 Å². The zero-order valence-corrected chi connectivity index (χ0v) is 77.2. The summed E-state index contributed by atoms with van der Waals surface area (Å²) in [6, 6.07) is 8.46. The van der Waals surface area contributed by atoms with Crippen molar-refractivity contribution in [2.45, 2.75) is 208 Å². The lowest BCUT2D eigenvalue weighted by atomic mass is 9.46. The molecule has 36 nitrogen and oxygen atoms in total. The van der Waals surface area contributed by atoms with Gasteiger partial charge in [-0.3, -0.25) is 9.59 Å². The lowest BCUT2D eigenvalue weighted by Gasteiger charge is -2.63. The Morgan fingerprint density at radius 2 is 0.706 bits per heavy atom. The van der Waals surface area contributed by atoms with Crippen LogP contribution in [0.3, 0.4) is 0 Å². The second-order valence-corrected chi connectivity index (χ2v) is 43.5. The number of aliphatic carboxylic acids is 2. The minimum Gasteiger partial charge on any atom is -0.493 e. The Bertz CT molecular complexity index is 6710. The van der Waals surface area contributed by atoms with Gasteiger partial charge in [-0.1, -0.05) is 26.3 Å². The Hall–Kier alpha value is -13.5. The SMILES string of the molecule is C=C1N(C)c2cnc(Nc3cc4c(cc3F)OCC4)nc2N1C12CC3CC(CC(C(=O)O)(C3)C1)C2.C=C1N(C)c2cnc(Nc3cn4ncnc4cc3C)nc2N1C12CC3CC(CC(C(=O)O)(C3)C1)C2.C=C1N(C)c2cnc(Nc3cn4ncnc4cc3C)nc2N1C12CC3CC(CC(N)(C3)C1)C2.C=C1N(C)c2cnc(Nc3cn4ncnc4cc3F)nc2N1C12CC3CC(CC(N)(C3)C1)C2. The summed E-state index contributed by atoms with van der Waals surface area (Å²) in [4.78, 5) is 92.6. The van der Waals surface area contributed by atoms with Gasteiger partial charge < -0.3 is 86.9 Å². The summed E-state index contributed by atoms with van der Waals surface area (Å²) in [5, 5.41) is 45.9. The van der Waals surface area contributed by atoms with Crippen LogP contribution in [0.15, 0.2) is 142 Å². The molecule has 16 aliphatic carbocycles. The van der Waals surface area contributed by atoms with E-state index < -0.39 is 34.4 Å². The first-order chi connectivity index (χ1) is 65.2. The van der Waals surface area contributed by atoms with Gasteiger partial charge in [0.2, 0.25) is 23.8 Å². The second-order valence-electron chi connectivity index (χ2n) is 43.5. The number of aromatic nitrogens is 17. The second kappa shape index (κ2) is 29.5. The van der Waals surface area contributed by atoms with Crippen LogP contribution in [0.2, 0.25) is 0 Å². The van der Waals surface area contributed by atoms with Crippen LogP contribution in [-0.4, -0.2) is 174 Å². The first-order valence-electron chi connectivity index (χ1n) is 47.8. The topological polar surface area (TPSA) is 404 Å². The van der Waals surface area contributed by atoms with Gasteiger partial charge >= 0.3 is 11.9 Å². The fourth-order valence-electron chi connectivity index (χ4n) is 30.4. The summed E-state index contributed by atoms with van der Waals surface area (Å²) in [6.45, 7) is 22.3. The van der Waals surface area contributed by atoms with Crippen molar-refractivity contribution in [1.29, 1.82) is 0 Å². The highest BCUT2D eigenvalue weighted by atomic mass is 19.1. The fourth-order valence-corrected chi connectivity index (χ4v) is 30.4. The predicted molar refractivity (Wildman–Crippen MR) is 509 cm³/mol. The van der Waals surface area contributed by atoms with E-state index in [0.29, 0.717) is 113 Å². The van der Waals surface area contributed by atoms with E-state index in [1.807, 2.05) is 86.6 Å². The largest absolute Gasteiger partial charge is 0.493 e. The molecular formula is C98H111F2N31O5. The Morgan fingerprint density at radius 3 is 1.04 bits per heavy atom. The van der Waals surface area contributed by atoms with Gasteiger partial charge in [0.1, 0.15) is 76.6 Å². The normalized spacial score (nSPS) is 31.8. The van der Waals surface area contributed by atoms with Crippen molar-refractivity contribution in [3.8, 4) is 5.75 Å². The van der Waals surface area contributed by atoms with Gasteiger partial charge in [0.05, 0.1) is 94.6 Å². The van der Waals surface area contributed by atoms with Crippen molar-refractivity contribution in [3.05, 3.63) is 171 Å². The quantitative estimate of drug-likeness (QED) is 0.0501. The number of nitrogens with one attached hydrogen (secondary N) is 4. The number of aryl methyl sites for hydroxylation is 2. The molecule has 16 fully saturated rings. The molecule has 38 heteroatoms. The van der Waals surface area contributed by atoms with E-state index in [1.165, 1.54) is 55.0 Å². The van der Waals surface area contributed by atoms with E-state index in [0.717, 1.165) is 225 Å². The zero-order chi connectivity index (χ0) is 93.3. The Kier molecular flexibility index (Phi) is 18.3. The summed E-state index contributed by atoms with van der Waals surface area (Å²) in [7, 11) is 7.97. The van der Waals surface area contributed by atoms with Gasteiger partial charge in [-0.15, -0.1) is 0 Å². The van der Waals surface area contributed by atoms with Crippen LogP contribution >= 0.6 is 0 Å². The van der Waals surface area contributed by atoms with Crippen molar-refractivity contribution in [1.82, 2.24) is 83.7 Å². The summed E-state index contributed by atoms with van der Waals surface area (Å²) >= 11 is 0. The van der Waals surface area contributed by atoms with Gasteiger partial charge in [0.15, 0.2) is 46.0 Å². The molecule has 1 aromatic carbocycles. The number of carboxylic acid groups (broad SMARTS) is 2. The van der Waals surface area contributed by atoms with Crippen LogP contribution in [0, 0.1) is 83.7 Å². The highest BCUT2D eigenvalue weighted by molar-refractivity contribution is 5.87. The average Bonchev–Trinajstić information content (AvgIpc) is 1.41. The number of halogens is 2. The smallest absolute Gasteiger partial charge is 0.309 e. The molecule has 16 bridgehead atoms. The minimum absolute atomic E-state index is 0.00337. The number of fused-ring (bicyclic) bond motifs is 8. The van der Waals surface area contributed by atoms with E-state index in [-0.39, 0.29) is 38.9 Å². The number of pyridine rings is 3. The van der Waals surface area contributed by atoms with E-state index in [4.69, 9.17) is 36.1 Å². The highest BCUT2D eigenvalue weighted by Gasteiger charge is 2.68. The summed E-state index contributed by atoms with van der Waals surface area (Å²) in [5.74, 6) is 11.2. The molecule has 5 aliphatic heterocycles. The van der Waals surface area contributed by atoms with Crippen LogP contribution in [0.1, 0.15) is 171 Å². The van der Waals surface area contributed by atoms with Crippen LogP contribution in [0.5, 0.6) is 5.75 Å². The highest BCUT2D eigenvalue weighted by Crippen LogP contribution is 2.70. The number of carboxylic acids is 2. The maximum absolute atomic E-state index is 14.7. The first kappa shape index (κ1) is 84.2. The molecule has 15 heterocycles. The third kappa shape index (κ3) is 13.1. The first-order valence-corrected chi connectivity index (χ1v) is 47.8. The number of nitrogens with zero attached hydrogens (tertiary/aromatic N) is 25. The van der Waals surface area contributed by atoms with Crippen molar-refractivity contribution in [2.75, 3.05) is 95.3 Å². The molecule has 32 rings (SSSR count). The molecule has 136 heavy (non-hydrogen) atoms. The number of hydrogen-bond acceptors (Lipinski definition) is 31. The number of benzene rings is 1. The molecule has 702 valence electrons. The van der Waals surface area contributed by atoms with Gasteiger partial charge in [0.25, 0.3) is 0 Å². The number of carbonyl (C=O) groups is 2. The molecule has 0 amide bonds. The van der Waals surface area contributed by atoms with Gasteiger partial charge in [0, 0.05) is 68.9 Å². The van der Waals surface area contributed by atoms with Gasteiger partial charge in [-0.2, -0.15) is 35.2 Å². The maximum Gasteiger partial charge on any atom is 0.309 e. The van der Waals surface area contributed by atoms with Gasteiger partial charge in [-0.25, -0.2) is 57.2 Å². The fraction of sp³-hybridized carbons (Fsp3) is 0.490. The lowest BCUT2D eigenvalue weighted by Crippen LogP contribution is -2.68. The maximum atomic E-state index is 14.7. The van der Waals surface area contributed by atoms with Crippen molar-refractivity contribution in [2.24, 2.45) is 69.6 Å². The van der Waals surface area contributed by atoms with Crippen LogP contribution < -0.4 is 76.7 Å². The molecule has 0 saturated heterocycles. The Labute approximate surface area is 783 Å². The molecule has 10 N–H and O–H groups in total. The van der Waals surface area contributed by atoms with Crippen LogP contribution in [0.4, 0.5) is 101 Å². The molecule has 8 unspecified atom stereocenters. The number of rotatable bonds is 14. The Balaban J connectivity index is 0.0000000966. The molecule has 21 aliphatic rings. The summed E-state index contributed by atoms with van der Waals surface area (Å²) in [6.07, 6.45) is 42.0. The summed E-state index contributed by atoms with van der Waals surface area (Å²) < 4.78 is 39.8. The van der Waals surface area contributed by atoms with Crippen molar-refractivity contribution < 1.29 is 33.3 Å². The molecule has 11 aromatic rings. The Morgan fingerprint density at radius 1 is 0.404 bits per heavy atom. The third-order valence-corrected chi connectivity index (χ3v) is 34.3. The van der Waals surface area contributed by atoms with E-state index in [9.17, 15) is 28.6 Å². The average molecular weight is 1840 g/mol. The molecule has 8 atom stereocenters. The molecule has 0 radical (unpaired) electrons. The number of nitrogens with two attached hydrogens (primary N) is 2. The molecule has 0 spiro atoms. The number of ether oxygens (including phenoxy) is 1. The standard InChI is InChI=1S/C26H28FN5O3.C25H28N8O2.C24H29N9.C23H26FN9/c1-14-31(2)20-12-28-24(29-19-6-17-3-4-35-21(17)7-18(19)27)30-22(20)32(14)26-10-15-5-16(11-26)9-25(8-15,13-26)23(33)34;1-14-4-20-27-13-28-32(20)11-18(14)29-23-26-10-19-21(30-23)33(15(2)31(19)3)25-8-16-5-17(9-25)7-24(6-16,12-25)22(34)35;1-14-4-20-27-13-28-32(20)11-18(14)29-22-26-10-19-21(30-22)33(15(2)31(19)3)24-8-16-5-17(9-24)7-23(25,6-16)12-24;1-13-31(2)18-9-26-21(29-17-10-32-19(4-16(17)24)27-12-28-32)30-20(18)33(13)23-7-14-3-15(8-23)6-22(25,5-14)11-23/h6-7,12,15-16H,1,3-5,8-11,13H2,2H3,(H,33,34)(H,28,29,30);4,10-11,13,16-17H,2,5-9,12H2,1,3H3,(H,34,35)(H,26,29,30);4,10-11,13,16-17H,2,5-9,12,25H2,1,3H3,(H,26,29,30);4,9-10,12,14-15H,1,3,5-8,11,25H2,2H3,(H,26,29,30). The third-order valence-electron chi connectivity index (χ3n) is 34.3. The van der Waals surface area contributed by atoms with E-state index >= 15 is 0 Å². The van der Waals surface area contributed by atoms with Crippen molar-refractivity contribution in [3.63, 3.8) is 0 Å². The predicted octanol–water partition coefficient (Wildman–Crippen LogP) is 14.7. The molecule has 10 aromatic heterocycles. The number of hydrogen-bond donors (Lipinski definition) is 8. The zero-order valence-electron chi connectivity index (χ0n) is 77.2. The summed E-state index contributed by atoms with van der Waals surface area (Å²) in [5.41, 5.74) is 22.6. The van der Waals surface area contributed by atoms with E-state index in [1.54, 1.807) is 40.0 Å². The number of anilines is 16. The van der Waals surface area contributed by atoms with Crippen LogP contribution in [-0.2, 0) is 16.0 Å². The van der Waals surface area contributed by atoms with Crippen molar-refractivity contribution >= 4 is 121 Å². The monoisotopic (exact) mass is 1840 g/mol. The van der Waals surface area contributed by atoms with Gasteiger partial charge in [-0.05, 0) is 250 Å². The van der Waals surface area contributed by atoms with E-state index in [2.05, 4.69) is 129 Å². The minimum atomic E-state index is -0.671.